The molecular formula is C15H13Cl2N3O. The van der Waals surface area contributed by atoms with E-state index in [-0.39, 0.29) is 6.04 Å². The van der Waals surface area contributed by atoms with Crippen LogP contribution >= 0.6 is 23.2 Å². The maximum Gasteiger partial charge on any atom is 0.296 e. The molecule has 0 spiro atoms. The summed E-state index contributed by atoms with van der Waals surface area (Å²) >= 11 is 12.1. The average molecular weight is 322 g/mol. The van der Waals surface area contributed by atoms with Crippen LogP contribution in [0.5, 0.6) is 0 Å². The number of nitrogens with one attached hydrogen (secondary N) is 1. The molecule has 3 rings (SSSR count). The van der Waals surface area contributed by atoms with Crippen molar-refractivity contribution in [2.75, 3.05) is 11.1 Å². The van der Waals surface area contributed by atoms with E-state index in [1.165, 1.54) is 0 Å². The van der Waals surface area contributed by atoms with Crippen LogP contribution < -0.4 is 11.1 Å². The summed E-state index contributed by atoms with van der Waals surface area (Å²) in [5, 5.41) is 4.39. The number of nitrogen functional groups attached to an aromatic ring is 1. The van der Waals surface area contributed by atoms with Gasteiger partial charge in [0.05, 0.1) is 6.04 Å². The topological polar surface area (TPSA) is 64.1 Å². The molecule has 0 saturated carbocycles. The molecule has 0 aliphatic rings. The van der Waals surface area contributed by atoms with Crippen molar-refractivity contribution in [1.82, 2.24) is 4.98 Å². The standard InChI is InChI=1S/C15H13Cl2N3O/c1-8(11-4-2-9(16)6-12(11)17)19-15-20-13-7-10(18)3-5-14(13)21-15/h2-8H,18H2,1H3,(H,19,20). The largest absolute Gasteiger partial charge is 0.424 e. The van der Waals surface area contributed by atoms with Crippen LogP contribution in [0.25, 0.3) is 11.1 Å². The van der Waals surface area contributed by atoms with E-state index in [2.05, 4.69) is 10.3 Å². The Morgan fingerprint density at radius 1 is 1.19 bits per heavy atom. The lowest BCUT2D eigenvalue weighted by atomic mass is 10.1. The number of rotatable bonds is 3. The zero-order valence-corrected chi connectivity index (χ0v) is 12.7. The number of benzene rings is 2. The predicted molar refractivity (Wildman–Crippen MR) is 86.9 cm³/mol. The van der Waals surface area contributed by atoms with E-state index in [1.54, 1.807) is 30.3 Å². The second kappa shape index (κ2) is 5.47. The summed E-state index contributed by atoms with van der Waals surface area (Å²) in [5.41, 5.74) is 8.69. The predicted octanol–water partition coefficient (Wildman–Crippen LogP) is 4.89. The minimum absolute atomic E-state index is 0.0693. The minimum atomic E-state index is -0.0693. The number of oxazole rings is 1. The van der Waals surface area contributed by atoms with Gasteiger partial charge in [-0.3, -0.25) is 0 Å². The summed E-state index contributed by atoms with van der Waals surface area (Å²) in [6.45, 7) is 1.97. The van der Waals surface area contributed by atoms with Crippen molar-refractivity contribution in [2.45, 2.75) is 13.0 Å². The van der Waals surface area contributed by atoms with Gasteiger partial charge in [0.25, 0.3) is 6.01 Å². The van der Waals surface area contributed by atoms with Gasteiger partial charge in [0.1, 0.15) is 5.52 Å². The highest BCUT2D eigenvalue weighted by Gasteiger charge is 2.13. The van der Waals surface area contributed by atoms with E-state index < -0.39 is 0 Å². The van der Waals surface area contributed by atoms with Gasteiger partial charge in [-0.05, 0) is 42.8 Å². The number of anilines is 2. The second-order valence-electron chi connectivity index (χ2n) is 4.78. The Hall–Kier alpha value is -1.91. The normalized spacial score (nSPS) is 12.5. The fraction of sp³-hybridized carbons (Fsp3) is 0.133. The lowest BCUT2D eigenvalue weighted by molar-refractivity contribution is 0.604. The van der Waals surface area contributed by atoms with Crippen LogP contribution in [0.3, 0.4) is 0 Å². The fourth-order valence-corrected chi connectivity index (χ4v) is 2.69. The second-order valence-corrected chi connectivity index (χ2v) is 5.62. The summed E-state index contributed by atoms with van der Waals surface area (Å²) in [5.74, 6) is 0. The molecule has 0 amide bonds. The van der Waals surface area contributed by atoms with E-state index in [4.69, 9.17) is 33.4 Å². The van der Waals surface area contributed by atoms with Gasteiger partial charge in [-0.25, -0.2) is 0 Å². The van der Waals surface area contributed by atoms with Crippen molar-refractivity contribution in [3.63, 3.8) is 0 Å². The van der Waals surface area contributed by atoms with E-state index >= 15 is 0 Å². The van der Waals surface area contributed by atoms with E-state index in [0.29, 0.717) is 32.8 Å². The number of halogens is 2. The van der Waals surface area contributed by atoms with Crippen LogP contribution in [0.4, 0.5) is 11.7 Å². The van der Waals surface area contributed by atoms with Gasteiger partial charge >= 0.3 is 0 Å². The van der Waals surface area contributed by atoms with Crippen LogP contribution in [0.15, 0.2) is 40.8 Å². The number of hydrogen-bond acceptors (Lipinski definition) is 4. The van der Waals surface area contributed by atoms with Gasteiger partial charge in [0.2, 0.25) is 0 Å². The summed E-state index contributed by atoms with van der Waals surface area (Å²) in [6, 6.07) is 11.1. The van der Waals surface area contributed by atoms with Crippen molar-refractivity contribution in [3.8, 4) is 0 Å². The Balaban J connectivity index is 1.87. The van der Waals surface area contributed by atoms with Crippen LogP contribution in [0.2, 0.25) is 10.0 Å². The molecule has 0 radical (unpaired) electrons. The lowest BCUT2D eigenvalue weighted by Gasteiger charge is -2.14. The third-order valence-electron chi connectivity index (χ3n) is 3.18. The Kier molecular flexibility index (Phi) is 3.66. The van der Waals surface area contributed by atoms with Gasteiger partial charge in [-0.15, -0.1) is 0 Å². The molecule has 1 aromatic heterocycles. The molecule has 0 saturated heterocycles. The van der Waals surface area contributed by atoms with Crippen LogP contribution in [0.1, 0.15) is 18.5 Å². The fourth-order valence-electron chi connectivity index (χ4n) is 2.12. The van der Waals surface area contributed by atoms with Crippen LogP contribution in [0, 0.1) is 0 Å². The summed E-state index contributed by atoms with van der Waals surface area (Å²) in [7, 11) is 0. The maximum atomic E-state index is 6.20. The van der Waals surface area contributed by atoms with Gasteiger partial charge < -0.3 is 15.5 Å². The third-order valence-corrected chi connectivity index (χ3v) is 3.74. The number of aromatic nitrogens is 1. The molecule has 1 atom stereocenters. The lowest BCUT2D eigenvalue weighted by Crippen LogP contribution is -2.07. The molecule has 0 bridgehead atoms. The first-order valence-corrected chi connectivity index (χ1v) is 7.16. The molecule has 0 aliphatic carbocycles. The Morgan fingerprint density at radius 3 is 2.76 bits per heavy atom. The highest BCUT2D eigenvalue weighted by atomic mass is 35.5. The highest BCUT2D eigenvalue weighted by Crippen LogP contribution is 2.29. The molecule has 0 fully saturated rings. The molecule has 108 valence electrons. The summed E-state index contributed by atoms with van der Waals surface area (Å²) in [4.78, 5) is 4.36. The first-order chi connectivity index (χ1) is 10.0. The SMILES string of the molecule is CC(Nc1nc2cc(N)ccc2o1)c1ccc(Cl)cc1Cl. The highest BCUT2D eigenvalue weighted by molar-refractivity contribution is 6.35. The third kappa shape index (κ3) is 2.91. The van der Waals surface area contributed by atoms with Crippen molar-refractivity contribution in [2.24, 2.45) is 0 Å². The van der Waals surface area contributed by atoms with Crippen LogP contribution in [-0.4, -0.2) is 4.98 Å². The molecule has 3 N–H and O–H groups in total. The van der Waals surface area contributed by atoms with Crippen molar-refractivity contribution in [3.05, 3.63) is 52.0 Å². The Morgan fingerprint density at radius 2 is 2.00 bits per heavy atom. The molecule has 21 heavy (non-hydrogen) atoms. The maximum absolute atomic E-state index is 6.20. The number of nitrogens with zero attached hydrogens (tertiary/aromatic N) is 1. The molecule has 0 aliphatic heterocycles. The quantitative estimate of drug-likeness (QED) is 0.674. The van der Waals surface area contributed by atoms with Gasteiger partial charge in [0, 0.05) is 15.7 Å². The summed E-state index contributed by atoms with van der Waals surface area (Å²) < 4.78 is 5.63. The zero-order chi connectivity index (χ0) is 15.0. The number of fused-ring (bicyclic) bond motifs is 1. The van der Waals surface area contributed by atoms with Crippen molar-refractivity contribution >= 4 is 46.0 Å². The molecule has 6 heteroatoms. The smallest absolute Gasteiger partial charge is 0.296 e. The average Bonchev–Trinajstić information content (AvgIpc) is 2.79. The van der Waals surface area contributed by atoms with Crippen molar-refractivity contribution in [1.29, 1.82) is 0 Å². The van der Waals surface area contributed by atoms with E-state index in [9.17, 15) is 0 Å². The molecule has 1 unspecified atom stereocenters. The first kappa shape index (κ1) is 14.0. The summed E-state index contributed by atoms with van der Waals surface area (Å²) in [6.07, 6.45) is 0. The van der Waals surface area contributed by atoms with Crippen molar-refractivity contribution < 1.29 is 4.42 Å². The molecule has 3 aromatic rings. The van der Waals surface area contributed by atoms with Gasteiger partial charge in [-0.1, -0.05) is 29.3 Å². The van der Waals surface area contributed by atoms with Gasteiger partial charge in [-0.2, -0.15) is 4.98 Å². The Bertz CT molecular complexity index is 801. The van der Waals surface area contributed by atoms with E-state index in [0.717, 1.165) is 5.56 Å². The van der Waals surface area contributed by atoms with E-state index in [1.807, 2.05) is 13.0 Å². The molecular weight excluding hydrogens is 309 g/mol. The molecule has 4 nitrogen and oxygen atoms in total. The molecule has 1 heterocycles. The van der Waals surface area contributed by atoms with Crippen LogP contribution in [-0.2, 0) is 0 Å². The van der Waals surface area contributed by atoms with Gasteiger partial charge in [0.15, 0.2) is 5.58 Å². The first-order valence-electron chi connectivity index (χ1n) is 6.40. The monoisotopic (exact) mass is 321 g/mol. The molecule has 2 aromatic carbocycles. The minimum Gasteiger partial charge on any atom is -0.424 e. The zero-order valence-electron chi connectivity index (χ0n) is 11.2. The Labute approximate surface area is 131 Å². The number of hydrogen-bond donors (Lipinski definition) is 2. The number of nitrogens with two attached hydrogens (primary N) is 1.